The van der Waals surface area contributed by atoms with Crippen molar-refractivity contribution in [3.8, 4) is 11.5 Å². The summed E-state index contributed by atoms with van der Waals surface area (Å²) in [7, 11) is 0. The predicted molar refractivity (Wildman–Crippen MR) is 149 cm³/mol. The number of ether oxygens (including phenoxy) is 1. The quantitative estimate of drug-likeness (QED) is 0.286. The number of hydrogen-bond acceptors (Lipinski definition) is 7. The summed E-state index contributed by atoms with van der Waals surface area (Å²) in [6, 6.07) is 19.9. The van der Waals surface area contributed by atoms with Crippen molar-refractivity contribution < 1.29 is 24.5 Å². The zero-order chi connectivity index (χ0) is 27.7. The van der Waals surface area contributed by atoms with E-state index in [0.29, 0.717) is 23.8 Å². The second-order valence-electron chi connectivity index (χ2n) is 10.1. The van der Waals surface area contributed by atoms with Gasteiger partial charge in [-0.3, -0.25) is 9.59 Å². The highest BCUT2D eigenvalue weighted by Crippen LogP contribution is 2.39. The van der Waals surface area contributed by atoms with Gasteiger partial charge in [-0.2, -0.15) is 0 Å². The van der Waals surface area contributed by atoms with Crippen LogP contribution in [0.25, 0.3) is 0 Å². The number of nitrogens with one attached hydrogen (secondary N) is 1. The number of imide groups is 1. The Bertz CT molecular complexity index is 1370. The number of rotatable bonds is 8. The second kappa shape index (κ2) is 10.9. The molecule has 3 aromatic rings. The Balaban J connectivity index is 1.53. The van der Waals surface area contributed by atoms with Crippen molar-refractivity contribution >= 4 is 23.2 Å². The van der Waals surface area contributed by atoms with Crippen LogP contribution < -0.4 is 15.1 Å². The molecule has 0 aliphatic carbocycles. The molecule has 8 nitrogen and oxygen atoms in total. The van der Waals surface area contributed by atoms with Gasteiger partial charge < -0.3 is 20.4 Å². The SMILES string of the molecule is CCOc1cc(C(O)C2C=CC3C(=O)N(c4ccccc4)C(=O)C3N2Nc2ccc(C(C)C)cc2)ccc1O. The maximum absolute atomic E-state index is 13.8. The Morgan fingerprint density at radius 2 is 1.62 bits per heavy atom. The first kappa shape index (κ1) is 26.5. The molecular formula is C31H33N3O5. The number of fused-ring (bicyclic) bond motifs is 1. The first-order valence-corrected chi connectivity index (χ1v) is 13.2. The molecule has 5 rings (SSSR count). The van der Waals surface area contributed by atoms with Gasteiger partial charge in [0.05, 0.1) is 24.3 Å². The van der Waals surface area contributed by atoms with Crippen molar-refractivity contribution in [1.29, 1.82) is 0 Å². The van der Waals surface area contributed by atoms with E-state index in [4.69, 9.17) is 4.74 Å². The van der Waals surface area contributed by atoms with Crippen LogP contribution in [0.5, 0.6) is 11.5 Å². The molecule has 0 aromatic heterocycles. The van der Waals surface area contributed by atoms with Crippen LogP contribution in [-0.2, 0) is 9.59 Å². The molecule has 202 valence electrons. The van der Waals surface area contributed by atoms with Crippen molar-refractivity contribution in [2.45, 2.75) is 44.9 Å². The number of carbonyl (C=O) groups excluding carboxylic acids is 2. The Hall–Kier alpha value is -4.14. The molecule has 0 radical (unpaired) electrons. The number of carbonyl (C=O) groups is 2. The molecular weight excluding hydrogens is 494 g/mol. The van der Waals surface area contributed by atoms with Crippen LogP contribution >= 0.6 is 0 Å². The summed E-state index contributed by atoms with van der Waals surface area (Å²) in [5, 5.41) is 23.4. The van der Waals surface area contributed by atoms with Gasteiger partial charge in [-0.05, 0) is 60.4 Å². The molecule has 4 unspecified atom stereocenters. The third-order valence-corrected chi connectivity index (χ3v) is 7.25. The van der Waals surface area contributed by atoms with Gasteiger partial charge >= 0.3 is 0 Å². The summed E-state index contributed by atoms with van der Waals surface area (Å²) in [5.41, 5.74) is 6.24. The van der Waals surface area contributed by atoms with Crippen LogP contribution in [0.2, 0.25) is 0 Å². The topological polar surface area (TPSA) is 102 Å². The van der Waals surface area contributed by atoms with Crippen LogP contribution in [0, 0.1) is 5.92 Å². The maximum Gasteiger partial charge on any atom is 0.254 e. The van der Waals surface area contributed by atoms with Gasteiger partial charge in [-0.25, -0.2) is 9.91 Å². The Labute approximate surface area is 228 Å². The standard InChI is InChI=1S/C31H33N3O5/c1-4-39-27-18-21(12-17-26(27)35)29(36)25-16-15-24-28(31(38)33(30(24)37)23-8-6-5-7-9-23)34(25)32-22-13-10-20(11-14-22)19(2)3/h5-19,24-25,28-29,32,35-36H,4H2,1-3H3. The van der Waals surface area contributed by atoms with Crippen LogP contribution in [0.15, 0.2) is 84.9 Å². The largest absolute Gasteiger partial charge is 0.504 e. The summed E-state index contributed by atoms with van der Waals surface area (Å²) >= 11 is 0. The fraction of sp³-hybridized carbons (Fsp3) is 0.290. The molecule has 2 aliphatic rings. The third-order valence-electron chi connectivity index (χ3n) is 7.25. The van der Waals surface area contributed by atoms with E-state index in [1.165, 1.54) is 16.5 Å². The first-order valence-electron chi connectivity index (χ1n) is 13.2. The lowest BCUT2D eigenvalue weighted by molar-refractivity contribution is -0.123. The number of anilines is 2. The molecule has 39 heavy (non-hydrogen) atoms. The fourth-order valence-electron chi connectivity index (χ4n) is 5.18. The number of aliphatic hydroxyl groups is 1. The summed E-state index contributed by atoms with van der Waals surface area (Å²) in [6.07, 6.45) is 2.37. The van der Waals surface area contributed by atoms with E-state index in [0.717, 1.165) is 5.69 Å². The number of hydrazine groups is 1. The lowest BCUT2D eigenvalue weighted by Gasteiger charge is -2.40. The minimum atomic E-state index is -1.10. The summed E-state index contributed by atoms with van der Waals surface area (Å²) < 4.78 is 5.52. The number of phenolic OH excluding ortho intramolecular Hbond substituents is 1. The number of amides is 2. The average molecular weight is 528 g/mol. The van der Waals surface area contributed by atoms with Gasteiger partial charge in [0.25, 0.3) is 5.91 Å². The van der Waals surface area contributed by atoms with E-state index in [-0.39, 0.29) is 23.3 Å². The molecule has 4 atom stereocenters. The molecule has 0 bridgehead atoms. The molecule has 1 fully saturated rings. The van der Waals surface area contributed by atoms with Gasteiger partial charge in [-0.1, -0.05) is 62.4 Å². The Kier molecular flexibility index (Phi) is 7.41. The molecule has 2 amide bonds. The Morgan fingerprint density at radius 3 is 2.28 bits per heavy atom. The minimum absolute atomic E-state index is 0.0256. The average Bonchev–Trinajstić information content (AvgIpc) is 3.20. The van der Waals surface area contributed by atoms with Gasteiger partial charge in [0.15, 0.2) is 11.5 Å². The number of aromatic hydroxyl groups is 1. The lowest BCUT2D eigenvalue weighted by atomic mass is 9.90. The molecule has 3 aromatic carbocycles. The molecule has 3 N–H and O–H groups in total. The minimum Gasteiger partial charge on any atom is -0.504 e. The van der Waals surface area contributed by atoms with Crippen LogP contribution in [0.1, 0.15) is 43.9 Å². The zero-order valence-corrected chi connectivity index (χ0v) is 22.2. The van der Waals surface area contributed by atoms with Gasteiger partial charge in [0.1, 0.15) is 12.1 Å². The van der Waals surface area contributed by atoms with E-state index in [1.54, 1.807) is 53.6 Å². The number of phenols is 1. The second-order valence-corrected chi connectivity index (χ2v) is 10.1. The highest BCUT2D eigenvalue weighted by atomic mass is 16.5. The first-order chi connectivity index (χ1) is 18.8. The molecule has 1 saturated heterocycles. The maximum atomic E-state index is 13.8. The summed E-state index contributed by atoms with van der Waals surface area (Å²) in [4.78, 5) is 28.5. The highest BCUT2D eigenvalue weighted by Gasteiger charge is 2.54. The summed E-state index contributed by atoms with van der Waals surface area (Å²) in [5.74, 6) is -0.809. The smallest absolute Gasteiger partial charge is 0.254 e. The van der Waals surface area contributed by atoms with Crippen LogP contribution in [-0.4, -0.2) is 45.7 Å². The molecule has 8 heteroatoms. The zero-order valence-electron chi connectivity index (χ0n) is 22.2. The van der Waals surface area contributed by atoms with Crippen molar-refractivity contribution in [1.82, 2.24) is 5.01 Å². The highest BCUT2D eigenvalue weighted by molar-refractivity contribution is 6.24. The van der Waals surface area contributed by atoms with Crippen molar-refractivity contribution in [2.24, 2.45) is 5.92 Å². The normalized spacial score (nSPS) is 21.8. The molecule has 2 heterocycles. The third kappa shape index (κ3) is 5.01. The lowest BCUT2D eigenvalue weighted by Crippen LogP contribution is -2.55. The van der Waals surface area contributed by atoms with Crippen LogP contribution in [0.4, 0.5) is 11.4 Å². The van der Waals surface area contributed by atoms with Crippen molar-refractivity contribution in [2.75, 3.05) is 16.9 Å². The van der Waals surface area contributed by atoms with Crippen molar-refractivity contribution in [3.05, 3.63) is 96.1 Å². The number of aliphatic hydroxyl groups excluding tert-OH is 1. The molecule has 2 aliphatic heterocycles. The fourth-order valence-corrected chi connectivity index (χ4v) is 5.18. The predicted octanol–water partition coefficient (Wildman–Crippen LogP) is 4.77. The van der Waals surface area contributed by atoms with E-state index < -0.39 is 24.1 Å². The van der Waals surface area contributed by atoms with E-state index in [2.05, 4.69) is 19.3 Å². The molecule has 0 spiro atoms. The number of nitrogens with zero attached hydrogens (tertiary/aromatic N) is 2. The van der Waals surface area contributed by atoms with Gasteiger partial charge in [-0.15, -0.1) is 0 Å². The monoisotopic (exact) mass is 527 g/mol. The van der Waals surface area contributed by atoms with Crippen molar-refractivity contribution in [3.63, 3.8) is 0 Å². The number of para-hydroxylation sites is 1. The Morgan fingerprint density at radius 1 is 0.923 bits per heavy atom. The van der Waals surface area contributed by atoms with Gasteiger partial charge in [0.2, 0.25) is 5.91 Å². The number of hydrogen-bond donors (Lipinski definition) is 3. The van der Waals surface area contributed by atoms with E-state index in [9.17, 15) is 19.8 Å². The van der Waals surface area contributed by atoms with Gasteiger partial charge in [0, 0.05) is 5.69 Å². The van der Waals surface area contributed by atoms with E-state index in [1.807, 2.05) is 37.3 Å². The molecule has 0 saturated carbocycles. The van der Waals surface area contributed by atoms with Crippen LogP contribution in [0.3, 0.4) is 0 Å². The summed E-state index contributed by atoms with van der Waals surface area (Å²) in [6.45, 7) is 6.39. The number of benzene rings is 3. The van der Waals surface area contributed by atoms with E-state index >= 15 is 0 Å².